The predicted octanol–water partition coefficient (Wildman–Crippen LogP) is -0.256. The molecule has 0 aromatic carbocycles. The van der Waals surface area contributed by atoms with Crippen molar-refractivity contribution in [1.29, 1.82) is 10.5 Å². The zero-order chi connectivity index (χ0) is 13.1. The second-order valence-corrected chi connectivity index (χ2v) is 3.08. The van der Waals surface area contributed by atoms with Crippen molar-refractivity contribution in [2.24, 2.45) is 0 Å². The van der Waals surface area contributed by atoms with Gasteiger partial charge >= 0.3 is 5.97 Å². The number of carbonyl (C=O) groups excluding carboxylic acids is 1. The Kier molecular flexibility index (Phi) is 7.99. The van der Waals surface area contributed by atoms with Crippen LogP contribution in [0.3, 0.4) is 0 Å². The molecule has 0 aromatic rings. The van der Waals surface area contributed by atoms with Gasteiger partial charge in [0.2, 0.25) is 5.91 Å². The van der Waals surface area contributed by atoms with Crippen molar-refractivity contribution in [2.45, 2.75) is 12.8 Å². The molecule has 0 aromatic heterocycles. The molecule has 1 amide bonds. The lowest BCUT2D eigenvalue weighted by atomic mass is 10.3. The number of rotatable bonds is 8. The van der Waals surface area contributed by atoms with Crippen LogP contribution in [0, 0.1) is 22.7 Å². The summed E-state index contributed by atoms with van der Waals surface area (Å²) >= 11 is 0. The SMILES string of the molecule is N#CCCN(CCC#N)C(=O)COCC(=O)O. The van der Waals surface area contributed by atoms with Gasteiger partial charge in [0.1, 0.15) is 13.2 Å². The van der Waals surface area contributed by atoms with Crippen molar-refractivity contribution in [3.63, 3.8) is 0 Å². The topological polar surface area (TPSA) is 114 Å². The molecular weight excluding hydrogens is 226 g/mol. The zero-order valence-electron chi connectivity index (χ0n) is 9.26. The quantitative estimate of drug-likeness (QED) is 0.624. The van der Waals surface area contributed by atoms with Crippen LogP contribution in [0.5, 0.6) is 0 Å². The van der Waals surface area contributed by atoms with E-state index >= 15 is 0 Å². The third kappa shape index (κ3) is 7.77. The average Bonchev–Trinajstić information content (AvgIpc) is 2.28. The Hall–Kier alpha value is -2.12. The van der Waals surface area contributed by atoms with Crippen LogP contribution in [-0.2, 0) is 14.3 Å². The first-order chi connectivity index (χ1) is 8.11. The van der Waals surface area contributed by atoms with Crippen molar-refractivity contribution < 1.29 is 19.4 Å². The van der Waals surface area contributed by atoms with Crippen LogP contribution in [-0.4, -0.2) is 48.2 Å². The van der Waals surface area contributed by atoms with Crippen LogP contribution in [0.4, 0.5) is 0 Å². The normalized spacial score (nSPS) is 9.06. The Morgan fingerprint density at radius 1 is 1.12 bits per heavy atom. The molecule has 0 fully saturated rings. The van der Waals surface area contributed by atoms with Gasteiger partial charge in [-0.05, 0) is 0 Å². The summed E-state index contributed by atoms with van der Waals surface area (Å²) in [5, 5.41) is 25.1. The molecule has 0 spiro atoms. The van der Waals surface area contributed by atoms with Gasteiger partial charge in [-0.1, -0.05) is 0 Å². The van der Waals surface area contributed by atoms with Crippen LogP contribution >= 0.6 is 0 Å². The maximum absolute atomic E-state index is 11.5. The number of ether oxygens (including phenoxy) is 1. The van der Waals surface area contributed by atoms with E-state index in [-0.39, 0.29) is 32.5 Å². The molecule has 0 aliphatic heterocycles. The highest BCUT2D eigenvalue weighted by Gasteiger charge is 2.13. The largest absolute Gasteiger partial charge is 0.480 e. The fraction of sp³-hybridized carbons (Fsp3) is 0.600. The fourth-order valence-corrected chi connectivity index (χ4v) is 1.05. The van der Waals surface area contributed by atoms with Gasteiger partial charge in [0.25, 0.3) is 0 Å². The Labute approximate surface area is 98.8 Å². The fourth-order valence-electron chi connectivity index (χ4n) is 1.05. The van der Waals surface area contributed by atoms with Gasteiger partial charge in [0.05, 0.1) is 25.0 Å². The molecule has 92 valence electrons. The van der Waals surface area contributed by atoms with E-state index in [0.29, 0.717) is 0 Å². The van der Waals surface area contributed by atoms with E-state index in [1.165, 1.54) is 4.90 Å². The van der Waals surface area contributed by atoms with Crippen LogP contribution < -0.4 is 0 Å². The molecular formula is C10H13N3O4. The molecule has 7 nitrogen and oxygen atoms in total. The minimum absolute atomic E-state index is 0.163. The van der Waals surface area contributed by atoms with Gasteiger partial charge in [0, 0.05) is 13.1 Å². The molecule has 17 heavy (non-hydrogen) atoms. The Balaban J connectivity index is 4.08. The molecule has 0 radical (unpaired) electrons. The molecule has 0 atom stereocenters. The lowest BCUT2D eigenvalue weighted by molar-refractivity contribution is -0.145. The Morgan fingerprint density at radius 2 is 1.65 bits per heavy atom. The number of aliphatic carboxylic acids is 1. The molecule has 0 unspecified atom stereocenters. The number of nitriles is 2. The van der Waals surface area contributed by atoms with Gasteiger partial charge in [-0.25, -0.2) is 4.79 Å². The van der Waals surface area contributed by atoms with E-state index in [2.05, 4.69) is 4.74 Å². The maximum atomic E-state index is 11.5. The third-order valence-electron chi connectivity index (χ3n) is 1.79. The lowest BCUT2D eigenvalue weighted by Gasteiger charge is -2.19. The van der Waals surface area contributed by atoms with Crippen LogP contribution in [0.1, 0.15) is 12.8 Å². The minimum atomic E-state index is -1.15. The molecule has 0 saturated carbocycles. The highest BCUT2D eigenvalue weighted by Crippen LogP contribution is 1.96. The van der Waals surface area contributed by atoms with E-state index < -0.39 is 18.5 Å². The zero-order valence-corrected chi connectivity index (χ0v) is 9.26. The van der Waals surface area contributed by atoms with Crippen molar-refractivity contribution in [2.75, 3.05) is 26.3 Å². The molecule has 1 N–H and O–H groups in total. The lowest BCUT2D eigenvalue weighted by Crippen LogP contribution is -2.36. The molecule has 0 saturated heterocycles. The number of carbonyl (C=O) groups is 2. The van der Waals surface area contributed by atoms with Crippen molar-refractivity contribution in [3.05, 3.63) is 0 Å². The van der Waals surface area contributed by atoms with Crippen LogP contribution in [0.2, 0.25) is 0 Å². The first kappa shape index (κ1) is 14.9. The molecule has 0 heterocycles. The van der Waals surface area contributed by atoms with Crippen LogP contribution in [0.15, 0.2) is 0 Å². The Bertz CT molecular complexity index is 324. The van der Waals surface area contributed by atoms with E-state index in [9.17, 15) is 9.59 Å². The van der Waals surface area contributed by atoms with E-state index in [1.807, 2.05) is 12.1 Å². The van der Waals surface area contributed by atoms with Crippen molar-refractivity contribution >= 4 is 11.9 Å². The summed E-state index contributed by atoms with van der Waals surface area (Å²) in [6, 6.07) is 3.78. The second kappa shape index (κ2) is 9.13. The summed E-state index contributed by atoms with van der Waals surface area (Å²) in [6.07, 6.45) is 0.326. The number of hydrogen-bond donors (Lipinski definition) is 1. The van der Waals surface area contributed by atoms with Gasteiger partial charge in [-0.15, -0.1) is 0 Å². The molecule has 0 rings (SSSR count). The summed E-state index contributed by atoms with van der Waals surface area (Å²) in [5.41, 5.74) is 0. The Morgan fingerprint density at radius 3 is 2.06 bits per heavy atom. The number of hydrogen-bond acceptors (Lipinski definition) is 5. The second-order valence-electron chi connectivity index (χ2n) is 3.08. The standard InChI is InChI=1S/C10H13N3O4/c11-3-1-5-13(6-2-4-12)9(14)7-17-8-10(15)16/h1-2,5-8H2,(H,15,16). The first-order valence-electron chi connectivity index (χ1n) is 4.93. The van der Waals surface area contributed by atoms with E-state index in [1.54, 1.807) is 0 Å². The number of carboxylic acids is 1. The first-order valence-corrected chi connectivity index (χ1v) is 4.93. The molecule has 0 aliphatic rings. The molecule has 7 heteroatoms. The molecule has 0 aliphatic carbocycles. The van der Waals surface area contributed by atoms with E-state index in [4.69, 9.17) is 15.6 Å². The smallest absolute Gasteiger partial charge is 0.329 e. The third-order valence-corrected chi connectivity index (χ3v) is 1.79. The summed E-state index contributed by atoms with van der Waals surface area (Å²) in [5.74, 6) is -1.57. The van der Waals surface area contributed by atoms with Gasteiger partial charge in [0.15, 0.2) is 0 Å². The summed E-state index contributed by atoms with van der Waals surface area (Å²) in [7, 11) is 0. The van der Waals surface area contributed by atoms with Gasteiger partial charge in [-0.3, -0.25) is 4.79 Å². The van der Waals surface area contributed by atoms with E-state index in [0.717, 1.165) is 0 Å². The molecule has 0 bridgehead atoms. The summed E-state index contributed by atoms with van der Waals surface area (Å²) < 4.78 is 4.64. The number of amides is 1. The maximum Gasteiger partial charge on any atom is 0.329 e. The van der Waals surface area contributed by atoms with Gasteiger partial charge < -0.3 is 14.7 Å². The highest BCUT2D eigenvalue weighted by molar-refractivity contribution is 5.78. The minimum Gasteiger partial charge on any atom is -0.480 e. The number of nitrogens with zero attached hydrogens (tertiary/aromatic N) is 3. The monoisotopic (exact) mass is 239 g/mol. The predicted molar refractivity (Wildman–Crippen MR) is 55.5 cm³/mol. The van der Waals surface area contributed by atoms with Gasteiger partial charge in [-0.2, -0.15) is 10.5 Å². The van der Waals surface area contributed by atoms with Crippen molar-refractivity contribution in [1.82, 2.24) is 4.90 Å². The number of carboxylic acid groups (broad SMARTS) is 1. The average molecular weight is 239 g/mol. The van der Waals surface area contributed by atoms with Crippen LogP contribution in [0.25, 0.3) is 0 Å². The summed E-state index contributed by atoms with van der Waals surface area (Å²) in [4.78, 5) is 23.0. The van der Waals surface area contributed by atoms with Crippen molar-refractivity contribution in [3.8, 4) is 12.1 Å². The summed E-state index contributed by atoms with van der Waals surface area (Å²) in [6.45, 7) is -0.472. The highest BCUT2D eigenvalue weighted by atomic mass is 16.5.